The maximum absolute atomic E-state index is 11.3. The molecule has 11 heteroatoms. The van der Waals surface area contributed by atoms with Crippen molar-refractivity contribution in [2.45, 2.75) is 13.8 Å². The van der Waals surface area contributed by atoms with Gasteiger partial charge in [0.25, 0.3) is 0 Å². The summed E-state index contributed by atoms with van der Waals surface area (Å²) in [6.07, 6.45) is -1.31. The number of aliphatic hydroxyl groups excluding tert-OH is 1. The fourth-order valence-corrected chi connectivity index (χ4v) is 1.91. The van der Waals surface area contributed by atoms with Gasteiger partial charge < -0.3 is 25.2 Å². The van der Waals surface area contributed by atoms with Crippen LogP contribution in [0.15, 0.2) is 24.3 Å². The molecule has 0 bridgehead atoms. The zero-order valence-corrected chi connectivity index (χ0v) is 16.3. The summed E-state index contributed by atoms with van der Waals surface area (Å²) in [6.45, 7) is 3.85. The average molecular weight is 402 g/mol. The molecule has 2 amide bonds. The van der Waals surface area contributed by atoms with Crippen molar-refractivity contribution in [2.75, 3.05) is 31.0 Å². The molecule has 0 radical (unpaired) electrons. The first kappa shape index (κ1) is 23.5. The molecule has 0 atom stereocenters. The summed E-state index contributed by atoms with van der Waals surface area (Å²) < 4.78 is 9.47. The summed E-state index contributed by atoms with van der Waals surface area (Å²) in [5.74, 6) is 0. The molecule has 0 saturated heterocycles. The monoisotopic (exact) mass is 402 g/mol. The Hall–Kier alpha value is -2.50. The number of aliphatic hydroxyl groups is 1. The van der Waals surface area contributed by atoms with Crippen LogP contribution in [-0.4, -0.2) is 47.8 Å². The topological polar surface area (TPSA) is 121 Å². The lowest BCUT2D eigenvalue weighted by Gasteiger charge is -2.15. The summed E-state index contributed by atoms with van der Waals surface area (Å²) in [5.41, 5.74) is 1.10. The molecular weight excluding hydrogens is 380 g/mol. The minimum absolute atomic E-state index is 0.0620. The second-order valence-corrected chi connectivity index (χ2v) is 4.96. The van der Waals surface area contributed by atoms with Crippen molar-refractivity contribution in [2.24, 2.45) is 0 Å². The van der Waals surface area contributed by atoms with Gasteiger partial charge in [-0.3, -0.25) is 10.6 Å². The highest BCUT2D eigenvalue weighted by Crippen LogP contribution is 2.20. The van der Waals surface area contributed by atoms with Crippen LogP contribution >= 0.6 is 24.4 Å². The third kappa shape index (κ3) is 9.71. The highest BCUT2D eigenvalue weighted by atomic mass is 32.1. The Labute approximate surface area is 162 Å². The fraction of sp³-hybridized carbons (Fsp3) is 0.333. The van der Waals surface area contributed by atoms with Crippen LogP contribution < -0.4 is 21.3 Å². The quantitative estimate of drug-likeness (QED) is 0.483. The second kappa shape index (κ2) is 13.8. The summed E-state index contributed by atoms with van der Waals surface area (Å²) in [5, 5.41) is 17.5. The highest BCUT2D eigenvalue weighted by Gasteiger charge is 2.10. The fourth-order valence-electron chi connectivity index (χ4n) is 1.53. The van der Waals surface area contributed by atoms with Gasteiger partial charge in [0.15, 0.2) is 10.2 Å². The standard InChI is InChI=1S/C14H18N4O4S2.CH4O/c1-3-21-13(19)17-11(23)15-9-7-5-6-8-10(9)16-12(24)18-14(20)22-4-2;1-2/h5-8H,3-4H2,1-2H3,(H2,15,17,19,23)(H2,16,18,20,24);2H,1H3. The van der Waals surface area contributed by atoms with Crippen molar-refractivity contribution in [3.8, 4) is 0 Å². The third-order valence-electron chi connectivity index (χ3n) is 2.41. The first-order chi connectivity index (χ1) is 12.5. The molecule has 1 rings (SSSR count). The molecule has 9 nitrogen and oxygen atoms in total. The molecule has 0 saturated carbocycles. The van der Waals surface area contributed by atoms with Crippen LogP contribution in [0.2, 0.25) is 0 Å². The number of carbonyl (C=O) groups is 2. The molecule has 0 aliphatic rings. The van der Waals surface area contributed by atoms with Crippen LogP contribution in [0.25, 0.3) is 0 Å². The van der Waals surface area contributed by atoms with Gasteiger partial charge in [-0.1, -0.05) is 12.1 Å². The van der Waals surface area contributed by atoms with E-state index in [-0.39, 0.29) is 23.4 Å². The number of rotatable bonds is 4. The van der Waals surface area contributed by atoms with Gasteiger partial charge in [0.05, 0.1) is 24.6 Å². The molecule has 0 unspecified atom stereocenters. The van der Waals surface area contributed by atoms with Crippen molar-refractivity contribution >= 4 is 58.2 Å². The Morgan fingerprint density at radius 2 is 1.23 bits per heavy atom. The minimum atomic E-state index is -0.653. The lowest BCUT2D eigenvalue weighted by atomic mass is 10.2. The normalized spacial score (nSPS) is 8.92. The predicted molar refractivity (Wildman–Crippen MR) is 107 cm³/mol. The number of ether oxygens (including phenoxy) is 2. The number of hydrogen-bond donors (Lipinski definition) is 5. The number of amides is 2. The molecule has 0 aliphatic heterocycles. The third-order valence-corrected chi connectivity index (χ3v) is 2.81. The van der Waals surface area contributed by atoms with Crippen molar-refractivity contribution in [1.82, 2.24) is 10.6 Å². The number of carbonyl (C=O) groups excluding carboxylic acids is 2. The van der Waals surface area contributed by atoms with E-state index < -0.39 is 12.2 Å². The van der Waals surface area contributed by atoms with Gasteiger partial charge in [-0.25, -0.2) is 9.59 Å². The van der Waals surface area contributed by atoms with E-state index in [1.807, 2.05) is 0 Å². The van der Waals surface area contributed by atoms with Crippen molar-refractivity contribution in [3.63, 3.8) is 0 Å². The van der Waals surface area contributed by atoms with E-state index in [1.165, 1.54) is 0 Å². The first-order valence-electron chi connectivity index (χ1n) is 7.49. The van der Waals surface area contributed by atoms with Crippen molar-refractivity contribution in [1.29, 1.82) is 0 Å². The van der Waals surface area contributed by atoms with Crippen LogP contribution in [0.5, 0.6) is 0 Å². The number of hydrogen-bond acceptors (Lipinski definition) is 7. The lowest BCUT2D eigenvalue weighted by Crippen LogP contribution is -2.36. The molecule has 1 aromatic rings. The average Bonchev–Trinajstić information content (AvgIpc) is 2.58. The zero-order valence-electron chi connectivity index (χ0n) is 14.6. The molecule has 5 N–H and O–H groups in total. The summed E-state index contributed by atoms with van der Waals surface area (Å²) in [7, 11) is 1.00. The number of para-hydroxylation sites is 2. The van der Waals surface area contributed by atoms with E-state index in [2.05, 4.69) is 21.3 Å². The number of thiocarbonyl (C=S) groups is 2. The Kier molecular flexibility index (Phi) is 12.4. The van der Waals surface area contributed by atoms with Crippen LogP contribution in [-0.2, 0) is 9.47 Å². The van der Waals surface area contributed by atoms with Crippen LogP contribution in [0.1, 0.15) is 13.8 Å². The van der Waals surface area contributed by atoms with E-state index in [9.17, 15) is 9.59 Å². The number of benzene rings is 1. The molecule has 26 heavy (non-hydrogen) atoms. The van der Waals surface area contributed by atoms with Gasteiger partial charge in [-0.05, 0) is 50.4 Å². The van der Waals surface area contributed by atoms with E-state index in [0.717, 1.165) is 7.11 Å². The molecule has 0 aromatic heterocycles. The number of nitrogens with one attached hydrogen (secondary N) is 4. The van der Waals surface area contributed by atoms with Crippen LogP contribution in [0.3, 0.4) is 0 Å². The summed E-state index contributed by atoms with van der Waals surface area (Å²) in [4.78, 5) is 22.7. The Morgan fingerprint density at radius 3 is 1.54 bits per heavy atom. The maximum atomic E-state index is 11.3. The van der Waals surface area contributed by atoms with E-state index in [4.69, 9.17) is 39.0 Å². The van der Waals surface area contributed by atoms with Crippen LogP contribution in [0, 0.1) is 0 Å². The Bertz CT molecular complexity index is 575. The van der Waals surface area contributed by atoms with Crippen LogP contribution in [0.4, 0.5) is 21.0 Å². The van der Waals surface area contributed by atoms with E-state index in [1.54, 1.807) is 38.1 Å². The maximum Gasteiger partial charge on any atom is 0.413 e. The first-order valence-corrected chi connectivity index (χ1v) is 8.31. The molecule has 0 spiro atoms. The zero-order chi connectivity index (χ0) is 19.9. The predicted octanol–water partition coefficient (Wildman–Crippen LogP) is 2.18. The van der Waals surface area contributed by atoms with Gasteiger partial charge in [0.1, 0.15) is 0 Å². The smallest absolute Gasteiger partial charge is 0.413 e. The molecule has 0 aliphatic carbocycles. The van der Waals surface area contributed by atoms with Gasteiger partial charge in [-0.2, -0.15) is 0 Å². The number of anilines is 2. The van der Waals surface area contributed by atoms with E-state index >= 15 is 0 Å². The SMILES string of the molecule is CCOC(=O)NC(=S)Nc1ccccc1NC(=S)NC(=O)OCC.CO. The summed E-state index contributed by atoms with van der Waals surface area (Å²) >= 11 is 10.1. The lowest BCUT2D eigenvalue weighted by molar-refractivity contribution is 0.157. The molecule has 144 valence electrons. The Balaban J connectivity index is 0.00000301. The van der Waals surface area contributed by atoms with Crippen molar-refractivity contribution < 1.29 is 24.2 Å². The van der Waals surface area contributed by atoms with Gasteiger partial charge in [-0.15, -0.1) is 0 Å². The van der Waals surface area contributed by atoms with Gasteiger partial charge in [0.2, 0.25) is 0 Å². The van der Waals surface area contributed by atoms with Gasteiger partial charge in [0, 0.05) is 7.11 Å². The summed E-state index contributed by atoms with van der Waals surface area (Å²) in [6, 6.07) is 6.97. The minimum Gasteiger partial charge on any atom is -0.450 e. The Morgan fingerprint density at radius 1 is 0.885 bits per heavy atom. The highest BCUT2D eigenvalue weighted by molar-refractivity contribution is 7.80. The largest absolute Gasteiger partial charge is 0.450 e. The molecular formula is C15H22N4O5S2. The van der Waals surface area contributed by atoms with Crippen molar-refractivity contribution in [3.05, 3.63) is 24.3 Å². The van der Waals surface area contributed by atoms with Gasteiger partial charge >= 0.3 is 12.2 Å². The molecule has 0 heterocycles. The number of alkyl carbamates (subject to hydrolysis) is 2. The molecule has 0 fully saturated rings. The second-order valence-electron chi connectivity index (χ2n) is 4.14. The molecule has 1 aromatic carbocycles. The van der Waals surface area contributed by atoms with E-state index in [0.29, 0.717) is 11.4 Å².